The molecule has 0 aromatic carbocycles. The topological polar surface area (TPSA) is 85.9 Å². The SMILES string of the molecule is Cc1ccc(S(=O)(=O)c2ccc(CN)nc2)cn1. The van der Waals surface area contributed by atoms with Crippen LogP contribution in [-0.2, 0) is 16.4 Å². The highest BCUT2D eigenvalue weighted by Crippen LogP contribution is 2.19. The van der Waals surface area contributed by atoms with Crippen LogP contribution in [-0.4, -0.2) is 18.4 Å². The minimum Gasteiger partial charge on any atom is -0.325 e. The van der Waals surface area contributed by atoms with E-state index in [1.54, 1.807) is 19.1 Å². The molecule has 6 heteroatoms. The Balaban J connectivity index is 2.44. The van der Waals surface area contributed by atoms with Crippen molar-refractivity contribution in [1.82, 2.24) is 9.97 Å². The molecule has 2 rings (SSSR count). The van der Waals surface area contributed by atoms with Gasteiger partial charge in [-0.2, -0.15) is 0 Å². The third kappa shape index (κ3) is 2.39. The number of sulfone groups is 1. The highest BCUT2D eigenvalue weighted by atomic mass is 32.2. The zero-order valence-corrected chi connectivity index (χ0v) is 10.7. The minimum atomic E-state index is -3.55. The van der Waals surface area contributed by atoms with Gasteiger partial charge >= 0.3 is 0 Å². The van der Waals surface area contributed by atoms with E-state index in [0.717, 1.165) is 5.69 Å². The largest absolute Gasteiger partial charge is 0.325 e. The van der Waals surface area contributed by atoms with Gasteiger partial charge in [0.1, 0.15) is 0 Å². The van der Waals surface area contributed by atoms with Crippen LogP contribution < -0.4 is 5.73 Å². The molecule has 0 bridgehead atoms. The van der Waals surface area contributed by atoms with Gasteiger partial charge in [0.05, 0.1) is 15.5 Å². The lowest BCUT2D eigenvalue weighted by molar-refractivity contribution is 0.595. The molecule has 0 fully saturated rings. The Bertz CT molecular complexity index is 634. The van der Waals surface area contributed by atoms with Crippen molar-refractivity contribution >= 4 is 9.84 Å². The Labute approximate surface area is 106 Å². The Morgan fingerprint density at radius 3 is 2.11 bits per heavy atom. The van der Waals surface area contributed by atoms with Crippen LogP contribution in [0.3, 0.4) is 0 Å². The summed E-state index contributed by atoms with van der Waals surface area (Å²) in [5.74, 6) is 0. The van der Waals surface area contributed by atoms with Crippen molar-refractivity contribution in [3.8, 4) is 0 Å². The molecule has 0 aliphatic rings. The van der Waals surface area contributed by atoms with Gasteiger partial charge < -0.3 is 5.73 Å². The molecule has 2 aromatic rings. The first kappa shape index (κ1) is 12.7. The molecule has 0 atom stereocenters. The number of nitrogens with two attached hydrogens (primary N) is 1. The van der Waals surface area contributed by atoms with Gasteiger partial charge in [0, 0.05) is 24.6 Å². The smallest absolute Gasteiger partial charge is 0.209 e. The number of aryl methyl sites for hydroxylation is 1. The summed E-state index contributed by atoms with van der Waals surface area (Å²) in [5, 5.41) is 0. The normalized spacial score (nSPS) is 11.4. The van der Waals surface area contributed by atoms with Gasteiger partial charge in [-0.25, -0.2) is 8.42 Å². The molecule has 0 radical (unpaired) electrons. The molecule has 0 saturated heterocycles. The van der Waals surface area contributed by atoms with Crippen molar-refractivity contribution in [3.63, 3.8) is 0 Å². The third-order valence-corrected chi connectivity index (χ3v) is 4.24. The standard InChI is InChI=1S/C12H13N3O2S/c1-9-2-4-11(7-14-9)18(16,17)12-5-3-10(6-13)15-8-12/h2-5,7-8H,6,13H2,1H3. The predicted octanol–water partition coefficient (Wildman–Crippen LogP) is 1.08. The molecule has 2 aromatic heterocycles. The molecule has 2 heterocycles. The summed E-state index contributed by atoms with van der Waals surface area (Å²) in [6.07, 6.45) is 2.67. The van der Waals surface area contributed by atoms with Gasteiger partial charge in [-0.1, -0.05) is 0 Å². The van der Waals surface area contributed by atoms with E-state index in [4.69, 9.17) is 5.73 Å². The van der Waals surface area contributed by atoms with Gasteiger partial charge in [-0.15, -0.1) is 0 Å². The van der Waals surface area contributed by atoms with E-state index < -0.39 is 9.84 Å². The van der Waals surface area contributed by atoms with E-state index in [-0.39, 0.29) is 16.3 Å². The summed E-state index contributed by atoms with van der Waals surface area (Å²) in [4.78, 5) is 8.27. The summed E-state index contributed by atoms with van der Waals surface area (Å²) < 4.78 is 24.5. The first-order chi connectivity index (χ1) is 8.54. The molecule has 0 spiro atoms. The van der Waals surface area contributed by atoms with Crippen LogP contribution in [0.15, 0.2) is 46.5 Å². The number of nitrogens with zero attached hydrogens (tertiary/aromatic N) is 2. The maximum absolute atomic E-state index is 12.2. The molecule has 18 heavy (non-hydrogen) atoms. The molecule has 94 valence electrons. The second kappa shape index (κ2) is 4.83. The lowest BCUT2D eigenvalue weighted by atomic mass is 10.4. The molecule has 5 nitrogen and oxygen atoms in total. The fourth-order valence-corrected chi connectivity index (χ4v) is 2.59. The molecule has 0 unspecified atom stereocenters. The lowest BCUT2D eigenvalue weighted by Gasteiger charge is -2.04. The lowest BCUT2D eigenvalue weighted by Crippen LogP contribution is -2.05. The Hall–Kier alpha value is -1.79. The number of hydrogen-bond acceptors (Lipinski definition) is 5. The van der Waals surface area contributed by atoms with Crippen LogP contribution in [0.1, 0.15) is 11.4 Å². The monoisotopic (exact) mass is 263 g/mol. The molecule has 0 aliphatic carbocycles. The maximum atomic E-state index is 12.2. The van der Waals surface area contributed by atoms with Gasteiger partial charge in [0.25, 0.3) is 0 Å². The van der Waals surface area contributed by atoms with Crippen LogP contribution >= 0.6 is 0 Å². The van der Waals surface area contributed by atoms with Crippen LogP contribution in [0.4, 0.5) is 0 Å². The van der Waals surface area contributed by atoms with E-state index in [1.807, 2.05) is 0 Å². The Morgan fingerprint density at radius 1 is 1.06 bits per heavy atom. The highest BCUT2D eigenvalue weighted by Gasteiger charge is 2.18. The maximum Gasteiger partial charge on any atom is 0.209 e. The molecule has 0 saturated carbocycles. The highest BCUT2D eigenvalue weighted by molar-refractivity contribution is 7.91. The minimum absolute atomic E-state index is 0.144. The quantitative estimate of drug-likeness (QED) is 0.895. The second-order valence-electron chi connectivity index (χ2n) is 3.83. The van der Waals surface area contributed by atoms with Crippen LogP contribution in [0.2, 0.25) is 0 Å². The zero-order chi connectivity index (χ0) is 13.2. The fraction of sp³-hybridized carbons (Fsp3) is 0.167. The van der Waals surface area contributed by atoms with Crippen LogP contribution in [0, 0.1) is 6.92 Å². The summed E-state index contributed by atoms with van der Waals surface area (Å²) in [5.41, 5.74) is 6.83. The van der Waals surface area contributed by atoms with Crippen molar-refractivity contribution in [2.45, 2.75) is 23.3 Å². The molecule has 0 amide bonds. The van der Waals surface area contributed by atoms with E-state index in [2.05, 4.69) is 9.97 Å². The van der Waals surface area contributed by atoms with Gasteiger partial charge in [0.2, 0.25) is 9.84 Å². The first-order valence-corrected chi connectivity index (χ1v) is 6.85. The molecular formula is C12H13N3O2S. The zero-order valence-electron chi connectivity index (χ0n) is 9.87. The summed E-state index contributed by atoms with van der Waals surface area (Å²) in [6.45, 7) is 2.08. The van der Waals surface area contributed by atoms with Crippen molar-refractivity contribution in [2.24, 2.45) is 5.73 Å². The first-order valence-electron chi connectivity index (χ1n) is 5.37. The molecule has 0 aliphatic heterocycles. The average molecular weight is 263 g/mol. The van der Waals surface area contributed by atoms with Gasteiger partial charge in [-0.05, 0) is 31.2 Å². The number of hydrogen-bond donors (Lipinski definition) is 1. The number of pyridine rings is 2. The van der Waals surface area contributed by atoms with E-state index >= 15 is 0 Å². The van der Waals surface area contributed by atoms with Crippen LogP contribution in [0.5, 0.6) is 0 Å². The van der Waals surface area contributed by atoms with Gasteiger partial charge in [-0.3, -0.25) is 9.97 Å². The third-order valence-electron chi connectivity index (χ3n) is 2.51. The number of rotatable bonds is 3. The fourth-order valence-electron chi connectivity index (χ4n) is 1.44. The Kier molecular flexibility index (Phi) is 3.40. The van der Waals surface area contributed by atoms with Crippen molar-refractivity contribution < 1.29 is 8.42 Å². The van der Waals surface area contributed by atoms with Crippen molar-refractivity contribution in [1.29, 1.82) is 0 Å². The van der Waals surface area contributed by atoms with E-state index in [0.29, 0.717) is 5.69 Å². The van der Waals surface area contributed by atoms with Gasteiger partial charge in [0.15, 0.2) is 0 Å². The predicted molar refractivity (Wildman–Crippen MR) is 66.6 cm³/mol. The van der Waals surface area contributed by atoms with E-state index in [9.17, 15) is 8.42 Å². The second-order valence-corrected chi connectivity index (χ2v) is 5.78. The van der Waals surface area contributed by atoms with Crippen molar-refractivity contribution in [3.05, 3.63) is 48.0 Å². The average Bonchev–Trinajstić information content (AvgIpc) is 2.39. The molecule has 2 N–H and O–H groups in total. The summed E-state index contributed by atoms with van der Waals surface area (Å²) >= 11 is 0. The van der Waals surface area contributed by atoms with Crippen LogP contribution in [0.25, 0.3) is 0 Å². The number of aromatic nitrogens is 2. The Morgan fingerprint density at radius 2 is 1.67 bits per heavy atom. The molecular weight excluding hydrogens is 250 g/mol. The summed E-state index contributed by atoms with van der Waals surface area (Å²) in [6, 6.07) is 6.31. The van der Waals surface area contributed by atoms with E-state index in [1.165, 1.54) is 24.5 Å². The summed E-state index contributed by atoms with van der Waals surface area (Å²) in [7, 11) is -3.55. The van der Waals surface area contributed by atoms with Crippen molar-refractivity contribution in [2.75, 3.05) is 0 Å².